The molecule has 21 heavy (non-hydrogen) atoms. The number of methoxy groups -OCH3 is 1. The average molecular weight is 340 g/mol. The van der Waals surface area contributed by atoms with Crippen LogP contribution in [-0.2, 0) is 23.7 Å². The molecule has 1 fully saturated rings. The van der Waals surface area contributed by atoms with Crippen molar-refractivity contribution < 1.29 is 33.6 Å². The summed E-state index contributed by atoms with van der Waals surface area (Å²) in [5.74, 6) is 0.749. The number of carbonyl (C=O) groups excluding carboxylic acids is 2. The van der Waals surface area contributed by atoms with Gasteiger partial charge in [0.15, 0.2) is 6.10 Å². The summed E-state index contributed by atoms with van der Waals surface area (Å²) in [6, 6.07) is 0. The number of aliphatic hydroxyl groups is 1. The third-order valence-corrected chi connectivity index (χ3v) is 5.62. The molecule has 1 atom stereocenters. The molecule has 0 amide bonds. The van der Waals surface area contributed by atoms with Gasteiger partial charge in [0.2, 0.25) is 0 Å². The number of esters is 1. The second-order valence-corrected chi connectivity index (χ2v) is 7.10. The Morgan fingerprint density at radius 2 is 1.90 bits per heavy atom. The summed E-state index contributed by atoms with van der Waals surface area (Å²) in [6.45, 7) is 1.78. The van der Waals surface area contributed by atoms with Crippen LogP contribution in [0.1, 0.15) is 6.92 Å². The van der Waals surface area contributed by atoms with Crippen molar-refractivity contribution in [3.8, 4) is 0 Å². The largest absolute Gasteiger partial charge is 0.509 e. The summed E-state index contributed by atoms with van der Waals surface area (Å²) in [4.78, 5) is 23.0. The molecule has 0 saturated carbocycles. The van der Waals surface area contributed by atoms with E-state index in [1.54, 1.807) is 21.6 Å². The maximum absolute atomic E-state index is 11.5. The van der Waals surface area contributed by atoms with Crippen LogP contribution in [0, 0.1) is 5.41 Å². The third kappa shape index (κ3) is 6.33. The van der Waals surface area contributed by atoms with Crippen molar-refractivity contribution in [1.29, 1.82) is 0 Å². The second kappa shape index (κ2) is 9.39. The fourth-order valence-corrected chi connectivity index (χ4v) is 4.73. The molecule has 9 heteroatoms. The normalized spacial score (nSPS) is 18.0. The minimum absolute atomic E-state index is 0.0606. The van der Waals surface area contributed by atoms with E-state index < -0.39 is 23.6 Å². The van der Waals surface area contributed by atoms with E-state index in [0.29, 0.717) is 11.5 Å². The van der Waals surface area contributed by atoms with Crippen molar-refractivity contribution in [2.75, 3.05) is 45.0 Å². The molecule has 0 aromatic heterocycles. The highest BCUT2D eigenvalue weighted by Gasteiger charge is 2.36. The molecule has 0 aromatic carbocycles. The summed E-state index contributed by atoms with van der Waals surface area (Å²) in [6.07, 6.45) is -1.99. The van der Waals surface area contributed by atoms with Crippen LogP contribution in [0.25, 0.3) is 0 Å². The Hall–Kier alpha value is -0.640. The van der Waals surface area contributed by atoms with Crippen molar-refractivity contribution in [2.24, 2.45) is 5.41 Å². The third-order valence-electron chi connectivity index (χ3n) is 2.78. The van der Waals surface area contributed by atoms with Gasteiger partial charge in [-0.3, -0.25) is 0 Å². The fraction of sp³-hybridized carbons (Fsp3) is 0.833. The van der Waals surface area contributed by atoms with Crippen molar-refractivity contribution in [3.63, 3.8) is 0 Å². The monoisotopic (exact) mass is 340 g/mol. The highest BCUT2D eigenvalue weighted by molar-refractivity contribution is 8.77. The van der Waals surface area contributed by atoms with Crippen molar-refractivity contribution in [1.82, 2.24) is 0 Å². The maximum atomic E-state index is 11.5. The highest BCUT2D eigenvalue weighted by atomic mass is 33.1. The number of carbonyl (C=O) groups is 2. The molecule has 1 rings (SSSR count). The highest BCUT2D eigenvalue weighted by Crippen LogP contribution is 2.43. The zero-order valence-corrected chi connectivity index (χ0v) is 13.7. The van der Waals surface area contributed by atoms with Gasteiger partial charge < -0.3 is 24.1 Å². The smallest absolute Gasteiger partial charge is 0.461 e. The SMILES string of the molecule is COCCOC(=O)C(C)OC(=O)OCC1(CO)CSSC1. The Labute approximate surface area is 131 Å². The van der Waals surface area contributed by atoms with Crippen LogP contribution in [-0.4, -0.2) is 68.4 Å². The van der Waals surface area contributed by atoms with Crippen LogP contribution in [0.2, 0.25) is 0 Å². The zero-order valence-electron chi connectivity index (χ0n) is 12.0. The van der Waals surface area contributed by atoms with Gasteiger partial charge in [0, 0.05) is 24.0 Å². The first-order chi connectivity index (χ1) is 10.0. The van der Waals surface area contributed by atoms with Gasteiger partial charge in [0.05, 0.1) is 13.2 Å². The summed E-state index contributed by atoms with van der Waals surface area (Å²) >= 11 is 0. The lowest BCUT2D eigenvalue weighted by Crippen LogP contribution is -2.35. The first-order valence-corrected chi connectivity index (χ1v) is 8.86. The van der Waals surface area contributed by atoms with E-state index in [0.717, 1.165) is 0 Å². The number of aliphatic hydroxyl groups excluding tert-OH is 1. The van der Waals surface area contributed by atoms with Crippen LogP contribution < -0.4 is 0 Å². The number of rotatable bonds is 8. The van der Waals surface area contributed by atoms with E-state index in [9.17, 15) is 14.7 Å². The number of ether oxygens (including phenoxy) is 4. The summed E-state index contributed by atoms with van der Waals surface area (Å²) in [5, 5.41) is 9.38. The fourth-order valence-electron chi connectivity index (χ4n) is 1.38. The van der Waals surface area contributed by atoms with Gasteiger partial charge in [-0.2, -0.15) is 0 Å². The molecule has 1 unspecified atom stereocenters. The Kier molecular flexibility index (Phi) is 8.23. The van der Waals surface area contributed by atoms with Crippen molar-refractivity contribution in [3.05, 3.63) is 0 Å². The van der Waals surface area contributed by atoms with Gasteiger partial charge in [-0.1, -0.05) is 21.6 Å². The molecule has 7 nitrogen and oxygen atoms in total. The molecule has 122 valence electrons. The molecular formula is C12H20O7S2. The van der Waals surface area contributed by atoms with E-state index in [4.69, 9.17) is 18.9 Å². The molecule has 1 heterocycles. The first kappa shape index (κ1) is 18.4. The topological polar surface area (TPSA) is 91.3 Å². The molecule has 0 radical (unpaired) electrons. The van der Waals surface area contributed by atoms with E-state index in [1.807, 2.05) is 0 Å². The Bertz CT molecular complexity index is 344. The first-order valence-electron chi connectivity index (χ1n) is 6.37. The summed E-state index contributed by atoms with van der Waals surface area (Å²) < 4.78 is 19.4. The predicted octanol–water partition coefficient (Wildman–Crippen LogP) is 1.09. The molecule has 0 spiro atoms. The molecule has 1 aliphatic rings. The Morgan fingerprint density at radius 1 is 1.24 bits per heavy atom. The molecule has 0 bridgehead atoms. The van der Waals surface area contributed by atoms with Crippen LogP contribution in [0.3, 0.4) is 0 Å². The quantitative estimate of drug-likeness (QED) is 0.396. The lowest BCUT2D eigenvalue weighted by Gasteiger charge is -2.23. The molecule has 0 aliphatic carbocycles. The number of hydrogen-bond donors (Lipinski definition) is 1. The van der Waals surface area contributed by atoms with E-state index >= 15 is 0 Å². The number of hydrogen-bond acceptors (Lipinski definition) is 9. The van der Waals surface area contributed by atoms with Crippen molar-refractivity contribution in [2.45, 2.75) is 13.0 Å². The Balaban J connectivity index is 2.27. The average Bonchev–Trinajstić information content (AvgIpc) is 2.94. The van der Waals surface area contributed by atoms with E-state index in [-0.39, 0.29) is 26.4 Å². The van der Waals surface area contributed by atoms with Gasteiger partial charge in [-0.15, -0.1) is 0 Å². The molecule has 1 aliphatic heterocycles. The zero-order chi connectivity index (χ0) is 15.7. The standard InChI is InChI=1S/C12H20O7S2/c1-9(10(14)17-4-3-16-2)19-11(15)18-6-12(5-13)7-20-21-8-12/h9,13H,3-8H2,1-2H3. The molecule has 0 aromatic rings. The summed E-state index contributed by atoms with van der Waals surface area (Å²) in [7, 11) is 4.74. The second-order valence-electron chi connectivity index (χ2n) is 4.64. The lowest BCUT2D eigenvalue weighted by molar-refractivity contribution is -0.155. The van der Waals surface area contributed by atoms with Gasteiger partial charge in [-0.05, 0) is 6.92 Å². The predicted molar refractivity (Wildman–Crippen MR) is 79.2 cm³/mol. The van der Waals surface area contributed by atoms with Gasteiger partial charge in [-0.25, -0.2) is 9.59 Å². The van der Waals surface area contributed by atoms with Gasteiger partial charge >= 0.3 is 12.1 Å². The lowest BCUT2D eigenvalue weighted by atomic mass is 9.96. The van der Waals surface area contributed by atoms with Gasteiger partial charge in [0.25, 0.3) is 0 Å². The molecule has 1 N–H and O–H groups in total. The van der Waals surface area contributed by atoms with E-state index in [2.05, 4.69) is 0 Å². The minimum atomic E-state index is -1.05. The molecular weight excluding hydrogens is 320 g/mol. The maximum Gasteiger partial charge on any atom is 0.509 e. The minimum Gasteiger partial charge on any atom is -0.461 e. The summed E-state index contributed by atoms with van der Waals surface area (Å²) in [5.41, 5.74) is -0.434. The van der Waals surface area contributed by atoms with E-state index in [1.165, 1.54) is 14.0 Å². The van der Waals surface area contributed by atoms with Crippen LogP contribution in [0.15, 0.2) is 0 Å². The molecule has 1 saturated heterocycles. The van der Waals surface area contributed by atoms with Crippen LogP contribution in [0.4, 0.5) is 4.79 Å². The Morgan fingerprint density at radius 3 is 2.48 bits per heavy atom. The van der Waals surface area contributed by atoms with Crippen LogP contribution >= 0.6 is 21.6 Å². The van der Waals surface area contributed by atoms with Gasteiger partial charge in [0.1, 0.15) is 13.2 Å². The van der Waals surface area contributed by atoms with Crippen LogP contribution in [0.5, 0.6) is 0 Å². The van der Waals surface area contributed by atoms with Crippen molar-refractivity contribution >= 4 is 33.7 Å².